The van der Waals surface area contributed by atoms with Gasteiger partial charge in [-0.25, -0.2) is 8.78 Å². The molecule has 0 aliphatic rings. The zero-order chi connectivity index (χ0) is 14.9. The van der Waals surface area contributed by atoms with Crippen molar-refractivity contribution < 1.29 is 18.6 Å². The predicted octanol–water partition coefficient (Wildman–Crippen LogP) is 4.13. The summed E-state index contributed by atoms with van der Waals surface area (Å²) in [5.74, 6) is -0.928. The van der Waals surface area contributed by atoms with E-state index in [1.54, 1.807) is 18.2 Å². The highest BCUT2D eigenvalue weighted by Gasteiger charge is 2.21. The van der Waals surface area contributed by atoms with Gasteiger partial charge >= 0.3 is 0 Å². The fourth-order valence-electron chi connectivity index (χ4n) is 1.95. The van der Waals surface area contributed by atoms with E-state index in [0.717, 1.165) is 6.07 Å². The first-order valence-electron chi connectivity index (χ1n) is 5.91. The van der Waals surface area contributed by atoms with Crippen LogP contribution in [0.25, 0.3) is 0 Å². The van der Waals surface area contributed by atoms with Gasteiger partial charge in [-0.2, -0.15) is 0 Å². The number of hydrogen-bond acceptors (Lipinski definition) is 2. The molecule has 1 atom stereocenters. The maximum Gasteiger partial charge on any atom is 0.135 e. The molecule has 20 heavy (non-hydrogen) atoms. The van der Waals surface area contributed by atoms with Gasteiger partial charge in [0.15, 0.2) is 0 Å². The molecule has 2 aromatic rings. The van der Waals surface area contributed by atoms with Crippen molar-refractivity contribution in [2.75, 3.05) is 7.11 Å². The third-order valence-electron chi connectivity index (χ3n) is 3.08. The summed E-state index contributed by atoms with van der Waals surface area (Å²) in [5, 5.41) is 10.2. The van der Waals surface area contributed by atoms with Gasteiger partial charge in [-0.1, -0.05) is 12.1 Å². The van der Waals surface area contributed by atoms with E-state index in [1.165, 1.54) is 20.1 Å². The van der Waals surface area contributed by atoms with Crippen LogP contribution in [0, 0.1) is 18.6 Å². The fraction of sp³-hybridized carbons (Fsp3) is 0.200. The van der Waals surface area contributed by atoms with Crippen molar-refractivity contribution >= 4 is 15.9 Å². The number of halogens is 3. The van der Waals surface area contributed by atoms with Crippen molar-refractivity contribution in [2.45, 2.75) is 13.0 Å². The highest BCUT2D eigenvalue weighted by Crippen LogP contribution is 2.33. The number of aryl methyl sites for hydroxylation is 1. The smallest absolute Gasteiger partial charge is 0.135 e. The van der Waals surface area contributed by atoms with Crippen LogP contribution in [0.2, 0.25) is 0 Å². The summed E-state index contributed by atoms with van der Waals surface area (Å²) in [6.45, 7) is 1.52. The lowest BCUT2D eigenvalue weighted by atomic mass is 9.98. The van der Waals surface area contributed by atoms with E-state index in [9.17, 15) is 13.9 Å². The van der Waals surface area contributed by atoms with Crippen LogP contribution in [-0.2, 0) is 0 Å². The van der Waals surface area contributed by atoms with Gasteiger partial charge in [-0.3, -0.25) is 0 Å². The third-order valence-corrected chi connectivity index (χ3v) is 3.70. The summed E-state index contributed by atoms with van der Waals surface area (Å²) in [5.41, 5.74) is 0.316. The summed E-state index contributed by atoms with van der Waals surface area (Å²) >= 11 is 3.28. The Kier molecular flexibility index (Phi) is 4.40. The van der Waals surface area contributed by atoms with Crippen LogP contribution in [0.1, 0.15) is 22.8 Å². The maximum atomic E-state index is 14.0. The van der Waals surface area contributed by atoms with E-state index >= 15 is 0 Å². The summed E-state index contributed by atoms with van der Waals surface area (Å²) in [7, 11) is 1.51. The molecule has 0 spiro atoms. The zero-order valence-corrected chi connectivity index (χ0v) is 12.5. The van der Waals surface area contributed by atoms with Crippen molar-refractivity contribution in [3.63, 3.8) is 0 Å². The van der Waals surface area contributed by atoms with E-state index in [-0.39, 0.29) is 11.1 Å². The lowest BCUT2D eigenvalue weighted by Gasteiger charge is -2.15. The first kappa shape index (κ1) is 14.9. The minimum Gasteiger partial charge on any atom is -0.496 e. The Morgan fingerprint density at radius 1 is 1.20 bits per heavy atom. The molecule has 1 N–H and O–H groups in total. The van der Waals surface area contributed by atoms with Crippen molar-refractivity contribution in [3.8, 4) is 5.75 Å². The molecule has 2 aromatic carbocycles. The Balaban J connectivity index is 2.49. The Morgan fingerprint density at radius 3 is 2.50 bits per heavy atom. The molecule has 0 aliphatic heterocycles. The van der Waals surface area contributed by atoms with E-state index in [1.807, 2.05) is 0 Å². The van der Waals surface area contributed by atoms with Crippen molar-refractivity contribution in [3.05, 3.63) is 63.1 Å². The van der Waals surface area contributed by atoms with Gasteiger partial charge < -0.3 is 9.84 Å². The van der Waals surface area contributed by atoms with Crippen molar-refractivity contribution in [2.24, 2.45) is 0 Å². The summed E-state index contributed by atoms with van der Waals surface area (Å²) in [4.78, 5) is 0. The number of benzene rings is 2. The van der Waals surface area contributed by atoms with E-state index in [0.29, 0.717) is 15.8 Å². The number of methoxy groups -OCH3 is 1. The van der Waals surface area contributed by atoms with Gasteiger partial charge in [0.25, 0.3) is 0 Å². The molecular formula is C15H13BrF2O2. The van der Waals surface area contributed by atoms with Gasteiger partial charge in [0.1, 0.15) is 23.5 Å². The molecule has 0 amide bonds. The van der Waals surface area contributed by atoms with E-state index in [4.69, 9.17) is 4.74 Å². The molecule has 0 radical (unpaired) electrons. The van der Waals surface area contributed by atoms with Crippen LogP contribution in [0.4, 0.5) is 8.78 Å². The highest BCUT2D eigenvalue weighted by atomic mass is 79.9. The molecule has 0 aromatic heterocycles. The van der Waals surface area contributed by atoms with Crippen molar-refractivity contribution in [1.29, 1.82) is 0 Å². The quantitative estimate of drug-likeness (QED) is 0.908. The minimum absolute atomic E-state index is 0.285. The normalized spacial score (nSPS) is 12.3. The standard InChI is InChI=1S/C15H13BrF2O2/c1-8-3-5-11(17)13(14(8)18)15(19)9-4-6-12(20-2)10(16)7-9/h3-7,15,19H,1-2H3. The molecule has 0 heterocycles. The average Bonchev–Trinajstić information content (AvgIpc) is 2.43. The molecule has 106 valence electrons. The Morgan fingerprint density at radius 2 is 1.90 bits per heavy atom. The molecule has 0 saturated carbocycles. The molecule has 5 heteroatoms. The zero-order valence-electron chi connectivity index (χ0n) is 11.0. The van der Waals surface area contributed by atoms with Crippen LogP contribution in [0.3, 0.4) is 0 Å². The molecule has 2 rings (SSSR count). The van der Waals surface area contributed by atoms with Gasteiger partial charge in [-0.15, -0.1) is 0 Å². The van der Waals surface area contributed by atoms with Crippen LogP contribution < -0.4 is 4.74 Å². The first-order chi connectivity index (χ1) is 9.45. The second kappa shape index (κ2) is 5.89. The van der Waals surface area contributed by atoms with Gasteiger partial charge in [0, 0.05) is 0 Å². The predicted molar refractivity (Wildman–Crippen MR) is 75.9 cm³/mol. The molecule has 2 nitrogen and oxygen atoms in total. The first-order valence-corrected chi connectivity index (χ1v) is 6.71. The number of hydrogen-bond donors (Lipinski definition) is 1. The molecule has 1 unspecified atom stereocenters. The lowest BCUT2D eigenvalue weighted by molar-refractivity contribution is 0.208. The fourth-order valence-corrected chi connectivity index (χ4v) is 2.51. The van der Waals surface area contributed by atoms with Crippen LogP contribution in [0.5, 0.6) is 5.75 Å². The van der Waals surface area contributed by atoms with Crippen molar-refractivity contribution in [1.82, 2.24) is 0 Å². The molecule has 0 saturated heterocycles. The minimum atomic E-state index is -1.38. The van der Waals surface area contributed by atoms with Gasteiger partial charge in [0.2, 0.25) is 0 Å². The summed E-state index contributed by atoms with van der Waals surface area (Å²) < 4.78 is 33.5. The lowest BCUT2D eigenvalue weighted by Crippen LogP contribution is -2.07. The second-order valence-electron chi connectivity index (χ2n) is 4.39. The van der Waals surface area contributed by atoms with Crippen LogP contribution in [-0.4, -0.2) is 12.2 Å². The molecule has 0 fully saturated rings. The third kappa shape index (κ3) is 2.69. The number of ether oxygens (including phenoxy) is 1. The van der Waals surface area contributed by atoms with Gasteiger partial charge in [-0.05, 0) is 52.2 Å². The number of aliphatic hydroxyl groups excluding tert-OH is 1. The van der Waals surface area contributed by atoms with Crippen LogP contribution >= 0.6 is 15.9 Å². The Bertz CT molecular complexity index is 644. The second-order valence-corrected chi connectivity index (χ2v) is 5.24. The molecular weight excluding hydrogens is 330 g/mol. The summed E-state index contributed by atoms with van der Waals surface area (Å²) in [6.07, 6.45) is -1.38. The van der Waals surface area contributed by atoms with Crippen LogP contribution in [0.15, 0.2) is 34.8 Å². The Labute approximate surface area is 124 Å². The molecule has 0 bridgehead atoms. The maximum absolute atomic E-state index is 14.0. The Hall–Kier alpha value is -1.46. The monoisotopic (exact) mass is 342 g/mol. The summed E-state index contributed by atoms with van der Waals surface area (Å²) in [6, 6.07) is 7.24. The average molecular weight is 343 g/mol. The van der Waals surface area contributed by atoms with E-state index in [2.05, 4.69) is 15.9 Å². The SMILES string of the molecule is COc1ccc(C(O)c2c(F)ccc(C)c2F)cc1Br. The topological polar surface area (TPSA) is 29.5 Å². The largest absolute Gasteiger partial charge is 0.496 e. The number of rotatable bonds is 3. The highest BCUT2D eigenvalue weighted by molar-refractivity contribution is 9.10. The molecule has 0 aliphatic carbocycles. The van der Waals surface area contributed by atoms with E-state index < -0.39 is 17.7 Å². The van der Waals surface area contributed by atoms with Gasteiger partial charge in [0.05, 0.1) is 17.1 Å². The number of aliphatic hydroxyl groups is 1.